The number of hydrogen-bond acceptors (Lipinski definition) is 13. The van der Waals surface area contributed by atoms with Gasteiger partial charge in [0.25, 0.3) is 0 Å². The lowest BCUT2D eigenvalue weighted by Crippen LogP contribution is -2.65. The SMILES string of the molecule is CC[C@@H](CO)NC[C@H]1O[C@H](O[C@H]2O[C@H](CN[C@@H](CC)CO)[C@@H](O)[C@H](O)[C@H]2O)[C@H](O)[C@@H](O)[C@@H]1O. The van der Waals surface area contributed by atoms with E-state index in [1.54, 1.807) is 0 Å². The molecular weight excluding hydrogens is 444 g/mol. The molecule has 2 aliphatic rings. The minimum Gasteiger partial charge on any atom is -0.395 e. The molecule has 0 aliphatic carbocycles. The van der Waals surface area contributed by atoms with E-state index in [2.05, 4.69) is 10.6 Å². The molecule has 0 bridgehead atoms. The zero-order valence-corrected chi connectivity index (χ0v) is 19.0. The fourth-order valence-electron chi connectivity index (χ4n) is 3.77. The summed E-state index contributed by atoms with van der Waals surface area (Å²) in [6, 6.07) is -0.521. The van der Waals surface area contributed by atoms with Crippen molar-refractivity contribution in [1.82, 2.24) is 10.6 Å². The van der Waals surface area contributed by atoms with Gasteiger partial charge < -0.3 is 65.7 Å². The molecule has 196 valence electrons. The topological polar surface area (TPSA) is 214 Å². The van der Waals surface area contributed by atoms with Crippen molar-refractivity contribution in [3.8, 4) is 0 Å². The van der Waals surface area contributed by atoms with E-state index in [1.165, 1.54) is 0 Å². The summed E-state index contributed by atoms with van der Waals surface area (Å²) in [5.74, 6) is 0. The maximum Gasteiger partial charge on any atom is 0.189 e. The van der Waals surface area contributed by atoms with Crippen LogP contribution < -0.4 is 10.6 Å². The van der Waals surface area contributed by atoms with E-state index in [-0.39, 0.29) is 38.4 Å². The Bertz CT molecular complexity index is 508. The van der Waals surface area contributed by atoms with Gasteiger partial charge in [0.2, 0.25) is 0 Å². The number of hydrogen-bond donors (Lipinski definition) is 10. The normalized spacial score (nSPS) is 41.6. The van der Waals surface area contributed by atoms with Crippen LogP contribution in [-0.4, -0.2) is 141 Å². The van der Waals surface area contributed by atoms with Crippen LogP contribution in [0.2, 0.25) is 0 Å². The van der Waals surface area contributed by atoms with E-state index in [9.17, 15) is 40.9 Å². The second kappa shape index (κ2) is 13.5. The highest BCUT2D eigenvalue weighted by Gasteiger charge is 2.49. The van der Waals surface area contributed by atoms with Crippen molar-refractivity contribution in [2.45, 2.75) is 100 Å². The minimum absolute atomic E-state index is 0.0331. The standard InChI is InChI=1S/C20H40N2O11/c1-3-9(7-23)21-5-11-13(25)15(27)17(29)19(31-11)33-20-18(30)16(28)14(26)12(32-20)6-22-10(4-2)8-24/h9-30H,3-8H2,1-2H3/t9-,10-,11+,12+,13+,14+,15-,16-,17+,18+,19+,20+/m0/s1. The van der Waals surface area contributed by atoms with Gasteiger partial charge in [-0.3, -0.25) is 0 Å². The number of aliphatic hydroxyl groups excluding tert-OH is 8. The quantitative estimate of drug-likeness (QED) is 0.126. The van der Waals surface area contributed by atoms with Gasteiger partial charge in [0.05, 0.1) is 13.2 Å². The molecule has 2 fully saturated rings. The van der Waals surface area contributed by atoms with E-state index >= 15 is 0 Å². The van der Waals surface area contributed by atoms with Gasteiger partial charge in [-0.15, -0.1) is 0 Å². The first-order valence-corrected chi connectivity index (χ1v) is 11.4. The Morgan fingerprint density at radius 1 is 0.636 bits per heavy atom. The molecule has 0 aromatic rings. The maximum atomic E-state index is 10.3. The second-order valence-electron chi connectivity index (χ2n) is 8.56. The number of aliphatic hydroxyl groups is 8. The van der Waals surface area contributed by atoms with Gasteiger partial charge in [-0.2, -0.15) is 0 Å². The molecule has 13 nitrogen and oxygen atoms in total. The molecule has 0 aromatic heterocycles. The van der Waals surface area contributed by atoms with E-state index in [0.29, 0.717) is 12.8 Å². The van der Waals surface area contributed by atoms with Gasteiger partial charge in [-0.25, -0.2) is 0 Å². The molecule has 2 saturated heterocycles. The number of nitrogens with one attached hydrogen (secondary N) is 2. The third-order valence-corrected chi connectivity index (χ3v) is 6.25. The Morgan fingerprint density at radius 3 is 1.30 bits per heavy atom. The van der Waals surface area contributed by atoms with Crippen molar-refractivity contribution in [3.63, 3.8) is 0 Å². The molecule has 13 heteroatoms. The molecule has 0 aromatic carbocycles. The third-order valence-electron chi connectivity index (χ3n) is 6.25. The van der Waals surface area contributed by atoms with Gasteiger partial charge in [-0.05, 0) is 12.8 Å². The highest BCUT2D eigenvalue weighted by atomic mass is 16.8. The molecule has 0 radical (unpaired) electrons. The zero-order valence-electron chi connectivity index (χ0n) is 19.0. The third kappa shape index (κ3) is 7.24. The van der Waals surface area contributed by atoms with Crippen LogP contribution >= 0.6 is 0 Å². The van der Waals surface area contributed by atoms with Gasteiger partial charge in [0.15, 0.2) is 12.6 Å². The first-order chi connectivity index (χ1) is 15.7. The van der Waals surface area contributed by atoms with E-state index in [4.69, 9.17) is 14.2 Å². The lowest BCUT2D eigenvalue weighted by atomic mass is 9.97. The maximum absolute atomic E-state index is 10.3. The molecule has 12 atom stereocenters. The van der Waals surface area contributed by atoms with Crippen LogP contribution in [0.4, 0.5) is 0 Å². The summed E-state index contributed by atoms with van der Waals surface area (Å²) >= 11 is 0. The lowest BCUT2D eigenvalue weighted by molar-refractivity contribution is -0.372. The van der Waals surface area contributed by atoms with Crippen molar-refractivity contribution >= 4 is 0 Å². The van der Waals surface area contributed by atoms with Crippen molar-refractivity contribution in [2.75, 3.05) is 26.3 Å². The summed E-state index contributed by atoms with van der Waals surface area (Å²) in [6.45, 7) is 3.49. The monoisotopic (exact) mass is 484 g/mol. The molecule has 2 aliphatic heterocycles. The van der Waals surface area contributed by atoms with Crippen LogP contribution in [0, 0.1) is 0 Å². The molecule has 0 saturated carbocycles. The molecule has 0 spiro atoms. The largest absolute Gasteiger partial charge is 0.395 e. The fourth-order valence-corrected chi connectivity index (χ4v) is 3.77. The Balaban J connectivity index is 2.05. The summed E-state index contributed by atoms with van der Waals surface area (Å²) in [4.78, 5) is 0. The molecule has 2 rings (SSSR count). The summed E-state index contributed by atoms with van der Waals surface area (Å²) in [5, 5.41) is 86.2. The van der Waals surface area contributed by atoms with E-state index in [1.807, 2.05) is 13.8 Å². The smallest absolute Gasteiger partial charge is 0.189 e. The Kier molecular flexibility index (Phi) is 11.8. The average Bonchev–Trinajstić information content (AvgIpc) is 2.82. The summed E-state index contributed by atoms with van der Waals surface area (Å²) < 4.78 is 16.7. The summed E-state index contributed by atoms with van der Waals surface area (Å²) in [6.07, 6.45) is -13.4. The Morgan fingerprint density at radius 2 is 1.00 bits per heavy atom. The molecular formula is C20H40N2O11. The number of ether oxygens (including phenoxy) is 3. The van der Waals surface area contributed by atoms with Gasteiger partial charge >= 0.3 is 0 Å². The average molecular weight is 485 g/mol. The van der Waals surface area contributed by atoms with Crippen LogP contribution in [0.5, 0.6) is 0 Å². The lowest BCUT2D eigenvalue weighted by Gasteiger charge is -2.45. The first-order valence-electron chi connectivity index (χ1n) is 11.4. The first kappa shape index (κ1) is 28.7. The molecule has 10 N–H and O–H groups in total. The van der Waals surface area contributed by atoms with Crippen LogP contribution in [-0.2, 0) is 14.2 Å². The highest BCUT2D eigenvalue weighted by Crippen LogP contribution is 2.28. The van der Waals surface area contributed by atoms with E-state index < -0.39 is 61.4 Å². The highest BCUT2D eigenvalue weighted by molar-refractivity contribution is 4.94. The van der Waals surface area contributed by atoms with Crippen molar-refractivity contribution in [2.24, 2.45) is 0 Å². The summed E-state index contributed by atoms with van der Waals surface area (Å²) in [5.41, 5.74) is 0. The van der Waals surface area contributed by atoms with E-state index in [0.717, 1.165) is 0 Å². The zero-order chi connectivity index (χ0) is 24.7. The van der Waals surface area contributed by atoms with Crippen molar-refractivity contribution < 1.29 is 55.1 Å². The fraction of sp³-hybridized carbons (Fsp3) is 1.00. The Hall–Kier alpha value is -0.520. The molecule has 0 unspecified atom stereocenters. The summed E-state index contributed by atoms with van der Waals surface area (Å²) in [7, 11) is 0. The van der Waals surface area contributed by atoms with Crippen LogP contribution in [0.1, 0.15) is 26.7 Å². The second-order valence-corrected chi connectivity index (χ2v) is 8.56. The predicted molar refractivity (Wildman–Crippen MR) is 113 cm³/mol. The molecule has 33 heavy (non-hydrogen) atoms. The number of rotatable bonds is 12. The van der Waals surface area contributed by atoms with Crippen LogP contribution in [0.15, 0.2) is 0 Å². The van der Waals surface area contributed by atoms with Crippen LogP contribution in [0.25, 0.3) is 0 Å². The van der Waals surface area contributed by atoms with Crippen molar-refractivity contribution in [3.05, 3.63) is 0 Å². The van der Waals surface area contributed by atoms with Crippen molar-refractivity contribution in [1.29, 1.82) is 0 Å². The van der Waals surface area contributed by atoms with Gasteiger partial charge in [0.1, 0.15) is 48.8 Å². The predicted octanol–water partition coefficient (Wildman–Crippen LogP) is -4.66. The Labute approximate surface area is 192 Å². The van der Waals surface area contributed by atoms with Crippen LogP contribution in [0.3, 0.4) is 0 Å². The molecule has 0 amide bonds. The van der Waals surface area contributed by atoms with Gasteiger partial charge in [0, 0.05) is 25.2 Å². The van der Waals surface area contributed by atoms with Gasteiger partial charge in [-0.1, -0.05) is 13.8 Å². The minimum atomic E-state index is -1.69. The molecule has 2 heterocycles.